The highest BCUT2D eigenvalue weighted by molar-refractivity contribution is 8.00. The monoisotopic (exact) mass is 379 g/mol. The molecule has 0 fully saturated rings. The van der Waals surface area contributed by atoms with Crippen molar-refractivity contribution in [3.8, 4) is 5.69 Å². The molecule has 0 radical (unpaired) electrons. The van der Waals surface area contributed by atoms with E-state index < -0.39 is 0 Å². The number of hydrogen-bond acceptors (Lipinski definition) is 3. The van der Waals surface area contributed by atoms with Crippen molar-refractivity contribution in [3.63, 3.8) is 0 Å². The molecule has 5 nitrogen and oxygen atoms in total. The summed E-state index contributed by atoms with van der Waals surface area (Å²) in [7, 11) is 1.80. The summed E-state index contributed by atoms with van der Waals surface area (Å²) in [5.74, 6) is 0.812. The Morgan fingerprint density at radius 3 is 2.52 bits per heavy atom. The van der Waals surface area contributed by atoms with E-state index in [9.17, 15) is 0 Å². The van der Waals surface area contributed by atoms with E-state index in [4.69, 9.17) is 0 Å². The molecule has 0 spiro atoms. The second-order valence-electron chi connectivity index (χ2n) is 6.17. The van der Waals surface area contributed by atoms with Crippen LogP contribution in [-0.2, 0) is 6.54 Å². The maximum Gasteiger partial charge on any atom is 0.191 e. The summed E-state index contributed by atoms with van der Waals surface area (Å²) >= 11 is 1.86. The van der Waals surface area contributed by atoms with Crippen molar-refractivity contribution in [3.05, 3.63) is 78.6 Å². The van der Waals surface area contributed by atoms with Gasteiger partial charge in [0.2, 0.25) is 0 Å². The molecule has 1 heterocycles. The summed E-state index contributed by atoms with van der Waals surface area (Å²) in [4.78, 5) is 5.60. The van der Waals surface area contributed by atoms with Gasteiger partial charge in [0, 0.05) is 42.7 Å². The predicted octanol–water partition coefficient (Wildman–Crippen LogP) is 3.72. The number of thioether (sulfide) groups is 1. The minimum absolute atomic E-state index is 0.444. The van der Waals surface area contributed by atoms with Crippen molar-refractivity contribution < 1.29 is 0 Å². The van der Waals surface area contributed by atoms with Crippen molar-refractivity contribution >= 4 is 17.7 Å². The smallest absolute Gasteiger partial charge is 0.191 e. The predicted molar refractivity (Wildman–Crippen MR) is 114 cm³/mol. The average molecular weight is 380 g/mol. The van der Waals surface area contributed by atoms with Crippen LogP contribution in [0.2, 0.25) is 0 Å². The van der Waals surface area contributed by atoms with Gasteiger partial charge in [0.05, 0.1) is 5.69 Å². The van der Waals surface area contributed by atoms with Gasteiger partial charge in [-0.25, -0.2) is 4.68 Å². The van der Waals surface area contributed by atoms with Crippen LogP contribution in [0.1, 0.15) is 12.5 Å². The van der Waals surface area contributed by atoms with E-state index in [0.29, 0.717) is 5.25 Å². The van der Waals surface area contributed by atoms with Crippen LogP contribution in [0.25, 0.3) is 5.69 Å². The van der Waals surface area contributed by atoms with E-state index >= 15 is 0 Å². The van der Waals surface area contributed by atoms with E-state index in [0.717, 1.165) is 24.7 Å². The van der Waals surface area contributed by atoms with E-state index in [1.54, 1.807) is 13.2 Å². The first kappa shape index (κ1) is 19.0. The number of benzene rings is 2. The minimum atomic E-state index is 0.444. The van der Waals surface area contributed by atoms with Crippen LogP contribution in [0.5, 0.6) is 0 Å². The summed E-state index contributed by atoms with van der Waals surface area (Å²) in [5, 5.41) is 11.5. The number of nitrogens with one attached hydrogen (secondary N) is 2. The molecule has 27 heavy (non-hydrogen) atoms. The van der Waals surface area contributed by atoms with E-state index in [2.05, 4.69) is 76.2 Å². The van der Waals surface area contributed by atoms with Gasteiger partial charge in [-0.3, -0.25) is 4.99 Å². The Morgan fingerprint density at radius 1 is 1.07 bits per heavy atom. The summed E-state index contributed by atoms with van der Waals surface area (Å²) in [6.07, 6.45) is 3.72. The van der Waals surface area contributed by atoms with Crippen LogP contribution in [0, 0.1) is 0 Å². The van der Waals surface area contributed by atoms with E-state index in [1.807, 2.05) is 34.8 Å². The van der Waals surface area contributed by atoms with Gasteiger partial charge in [0.25, 0.3) is 0 Å². The van der Waals surface area contributed by atoms with Gasteiger partial charge >= 0.3 is 0 Å². The lowest BCUT2D eigenvalue weighted by Crippen LogP contribution is -2.39. The zero-order chi connectivity index (χ0) is 18.9. The molecule has 0 aliphatic carbocycles. The summed E-state index contributed by atoms with van der Waals surface area (Å²) < 4.78 is 1.85. The molecule has 6 heteroatoms. The van der Waals surface area contributed by atoms with Gasteiger partial charge in [0.15, 0.2) is 5.96 Å². The zero-order valence-electron chi connectivity index (χ0n) is 15.7. The van der Waals surface area contributed by atoms with Crippen LogP contribution in [0.15, 0.2) is 82.9 Å². The SMILES string of the molecule is CN=C(NCc1ccc(-n2cccn2)cc1)NCC(C)Sc1ccccc1. The molecule has 0 saturated heterocycles. The molecule has 1 aromatic heterocycles. The first-order valence-electron chi connectivity index (χ1n) is 9.00. The van der Waals surface area contributed by atoms with Crippen molar-refractivity contribution in [2.75, 3.05) is 13.6 Å². The van der Waals surface area contributed by atoms with Crippen molar-refractivity contribution in [2.45, 2.75) is 23.6 Å². The Bertz CT molecular complexity index is 829. The Labute approximate surface area is 164 Å². The van der Waals surface area contributed by atoms with Gasteiger partial charge in [-0.2, -0.15) is 5.10 Å². The second-order valence-corrected chi connectivity index (χ2v) is 7.68. The van der Waals surface area contributed by atoms with Crippen molar-refractivity contribution in [1.82, 2.24) is 20.4 Å². The fourth-order valence-electron chi connectivity index (χ4n) is 2.61. The van der Waals surface area contributed by atoms with Gasteiger partial charge in [0.1, 0.15) is 0 Å². The fraction of sp³-hybridized carbons (Fsp3) is 0.238. The first-order chi connectivity index (χ1) is 13.2. The molecular weight excluding hydrogens is 354 g/mol. The quantitative estimate of drug-likeness (QED) is 0.373. The molecule has 2 N–H and O–H groups in total. The normalized spacial score (nSPS) is 12.6. The number of rotatable bonds is 7. The molecule has 3 aromatic rings. The third-order valence-electron chi connectivity index (χ3n) is 4.03. The standard InChI is InChI=1S/C21H25N5S/c1-17(27-20-7-4-3-5-8-20)15-23-21(22-2)24-16-18-9-11-19(12-10-18)26-14-6-13-25-26/h3-14,17H,15-16H2,1-2H3,(H2,22,23,24). The molecule has 3 rings (SSSR count). The maximum absolute atomic E-state index is 4.31. The highest BCUT2D eigenvalue weighted by Gasteiger charge is 2.06. The molecule has 1 unspecified atom stereocenters. The third-order valence-corrected chi connectivity index (χ3v) is 5.14. The number of nitrogens with zero attached hydrogens (tertiary/aromatic N) is 3. The third kappa shape index (κ3) is 5.89. The van der Waals surface area contributed by atoms with Crippen LogP contribution in [0.4, 0.5) is 0 Å². The van der Waals surface area contributed by atoms with E-state index in [-0.39, 0.29) is 0 Å². The summed E-state index contributed by atoms with van der Waals surface area (Å²) in [6.45, 7) is 3.78. The van der Waals surface area contributed by atoms with Crippen LogP contribution in [0.3, 0.4) is 0 Å². The highest BCUT2D eigenvalue weighted by atomic mass is 32.2. The lowest BCUT2D eigenvalue weighted by molar-refractivity contribution is 0.789. The number of aliphatic imine (C=N–C) groups is 1. The summed E-state index contributed by atoms with van der Waals surface area (Å²) in [5.41, 5.74) is 2.25. The van der Waals surface area contributed by atoms with Crippen LogP contribution >= 0.6 is 11.8 Å². The Hall–Kier alpha value is -2.73. The largest absolute Gasteiger partial charge is 0.355 e. The lowest BCUT2D eigenvalue weighted by atomic mass is 10.2. The number of aromatic nitrogens is 2. The highest BCUT2D eigenvalue weighted by Crippen LogP contribution is 2.21. The Balaban J connectivity index is 1.45. The Morgan fingerprint density at radius 2 is 1.85 bits per heavy atom. The zero-order valence-corrected chi connectivity index (χ0v) is 16.5. The van der Waals surface area contributed by atoms with Gasteiger partial charge in [-0.1, -0.05) is 37.3 Å². The minimum Gasteiger partial charge on any atom is -0.355 e. The molecule has 2 aromatic carbocycles. The molecule has 1 atom stereocenters. The molecular formula is C21H25N5S. The second kappa shape index (κ2) is 9.83. The summed E-state index contributed by atoms with van der Waals surface area (Å²) in [6, 6.07) is 20.7. The van der Waals surface area contributed by atoms with Crippen LogP contribution in [-0.4, -0.2) is 34.6 Å². The van der Waals surface area contributed by atoms with Crippen molar-refractivity contribution in [2.24, 2.45) is 4.99 Å². The van der Waals surface area contributed by atoms with Crippen LogP contribution < -0.4 is 10.6 Å². The molecule has 140 valence electrons. The van der Waals surface area contributed by atoms with Gasteiger partial charge in [-0.15, -0.1) is 11.8 Å². The average Bonchev–Trinajstić information content (AvgIpc) is 3.24. The Kier molecular flexibility index (Phi) is 6.93. The molecule has 0 saturated carbocycles. The molecule has 0 bridgehead atoms. The lowest BCUT2D eigenvalue weighted by Gasteiger charge is -2.16. The van der Waals surface area contributed by atoms with Gasteiger partial charge < -0.3 is 10.6 Å². The first-order valence-corrected chi connectivity index (χ1v) is 9.88. The number of guanidine groups is 1. The number of hydrogen-bond donors (Lipinski definition) is 2. The van der Waals surface area contributed by atoms with E-state index in [1.165, 1.54) is 10.5 Å². The fourth-order valence-corrected chi connectivity index (χ4v) is 3.55. The molecule has 0 amide bonds. The topological polar surface area (TPSA) is 54.2 Å². The maximum atomic E-state index is 4.31. The van der Waals surface area contributed by atoms with Crippen molar-refractivity contribution in [1.29, 1.82) is 0 Å². The van der Waals surface area contributed by atoms with Gasteiger partial charge in [-0.05, 0) is 35.9 Å². The molecule has 0 aliphatic heterocycles. The molecule has 0 aliphatic rings.